The number of carbonyl (C=O) groups excluding carboxylic acids is 1. The van der Waals surface area contributed by atoms with Crippen LogP contribution in [0.3, 0.4) is 0 Å². The van der Waals surface area contributed by atoms with E-state index in [-0.39, 0.29) is 12.2 Å². The van der Waals surface area contributed by atoms with E-state index in [1.165, 1.54) is 12.4 Å². The minimum atomic E-state index is -4.61. The van der Waals surface area contributed by atoms with Crippen LogP contribution in [-0.2, 0) is 24.0 Å². The van der Waals surface area contributed by atoms with E-state index < -0.39 is 22.8 Å². The van der Waals surface area contributed by atoms with Crippen LogP contribution in [-0.4, -0.2) is 34.5 Å². The van der Waals surface area contributed by atoms with Crippen molar-refractivity contribution in [3.05, 3.63) is 40.9 Å². The molecule has 0 saturated heterocycles. The Morgan fingerprint density at radius 3 is 2.85 bits per heavy atom. The number of ether oxygens (including phenoxy) is 1. The van der Waals surface area contributed by atoms with Crippen molar-refractivity contribution < 1.29 is 22.7 Å². The zero-order valence-electron chi connectivity index (χ0n) is 13.8. The molecule has 0 aliphatic carbocycles. The summed E-state index contributed by atoms with van der Waals surface area (Å²) in [5.41, 5.74) is -1.05. The second-order valence-electron chi connectivity index (χ2n) is 5.29. The van der Waals surface area contributed by atoms with Gasteiger partial charge in [0, 0.05) is 25.9 Å². The largest absolute Gasteiger partial charge is 0.417 e. The summed E-state index contributed by atoms with van der Waals surface area (Å²) >= 11 is 5.54. The maximum atomic E-state index is 12.8. The molecular formula is C15H17ClF3N5O2. The van der Waals surface area contributed by atoms with Crippen molar-refractivity contribution in [2.75, 3.05) is 19.0 Å². The highest BCUT2D eigenvalue weighted by atomic mass is 35.5. The topological polar surface area (TPSA) is 81.1 Å². The average Bonchev–Trinajstić information content (AvgIpc) is 3.01. The summed E-state index contributed by atoms with van der Waals surface area (Å²) < 4.78 is 45.2. The summed E-state index contributed by atoms with van der Waals surface area (Å²) in [5.74, 6) is 0.517. The van der Waals surface area contributed by atoms with Crippen molar-refractivity contribution in [3.8, 4) is 0 Å². The van der Waals surface area contributed by atoms with E-state index in [0.717, 1.165) is 18.6 Å². The Balaban J connectivity index is 1.93. The van der Waals surface area contributed by atoms with Crippen LogP contribution in [0.25, 0.3) is 0 Å². The van der Waals surface area contributed by atoms with E-state index in [1.54, 1.807) is 11.7 Å². The second kappa shape index (κ2) is 8.86. The Bertz CT molecular complexity index is 751. The number of hydrogen-bond donors (Lipinski definition) is 2. The van der Waals surface area contributed by atoms with Gasteiger partial charge in [-0.2, -0.15) is 13.2 Å². The first-order chi connectivity index (χ1) is 12.3. The fourth-order valence-corrected chi connectivity index (χ4v) is 2.36. The zero-order valence-corrected chi connectivity index (χ0v) is 14.6. The van der Waals surface area contributed by atoms with Crippen LogP contribution >= 0.6 is 11.6 Å². The second-order valence-corrected chi connectivity index (χ2v) is 5.69. The number of anilines is 1. The molecule has 0 fully saturated rings. The standard InChI is InChI=1S/C15H17ClF3N5O2/c1-26-6-2-5-24-9-21-23-13(24)8-20-14(25)22-10-3-4-12(16)11(7-10)15(17,18)19/h3-4,7,9H,2,5-6,8H2,1H3,(H2,20,22,25). The van der Waals surface area contributed by atoms with E-state index in [4.69, 9.17) is 16.3 Å². The van der Waals surface area contributed by atoms with E-state index in [1.807, 2.05) is 0 Å². The normalized spacial score (nSPS) is 11.4. The Labute approximate surface area is 152 Å². The van der Waals surface area contributed by atoms with Crippen molar-refractivity contribution in [1.29, 1.82) is 0 Å². The quantitative estimate of drug-likeness (QED) is 0.709. The third-order valence-corrected chi connectivity index (χ3v) is 3.71. The van der Waals surface area contributed by atoms with E-state index in [9.17, 15) is 18.0 Å². The van der Waals surface area contributed by atoms with Gasteiger partial charge in [0.05, 0.1) is 17.1 Å². The molecule has 0 atom stereocenters. The molecule has 0 unspecified atom stereocenters. The summed E-state index contributed by atoms with van der Waals surface area (Å²) in [7, 11) is 1.60. The SMILES string of the molecule is COCCCn1cnnc1CNC(=O)Nc1ccc(Cl)c(C(F)(F)F)c1. The van der Waals surface area contributed by atoms with Gasteiger partial charge in [0.25, 0.3) is 0 Å². The maximum Gasteiger partial charge on any atom is 0.417 e. The molecule has 11 heteroatoms. The van der Waals surface area contributed by atoms with Crippen LogP contribution < -0.4 is 10.6 Å². The summed E-state index contributed by atoms with van der Waals surface area (Å²) in [6.07, 6.45) is -2.33. The molecule has 7 nitrogen and oxygen atoms in total. The molecule has 0 spiro atoms. The fraction of sp³-hybridized carbons (Fsp3) is 0.400. The molecule has 0 bridgehead atoms. The molecule has 26 heavy (non-hydrogen) atoms. The van der Waals surface area contributed by atoms with Gasteiger partial charge >= 0.3 is 12.2 Å². The average molecular weight is 392 g/mol. The van der Waals surface area contributed by atoms with Crippen LogP contribution in [0.15, 0.2) is 24.5 Å². The number of alkyl halides is 3. The molecule has 2 N–H and O–H groups in total. The first-order valence-electron chi connectivity index (χ1n) is 7.58. The number of rotatable bonds is 7. The number of nitrogens with zero attached hydrogens (tertiary/aromatic N) is 3. The summed E-state index contributed by atoms with van der Waals surface area (Å²) in [4.78, 5) is 11.9. The smallest absolute Gasteiger partial charge is 0.385 e. The lowest BCUT2D eigenvalue weighted by Crippen LogP contribution is -2.29. The monoisotopic (exact) mass is 391 g/mol. The maximum absolute atomic E-state index is 12.8. The van der Waals surface area contributed by atoms with Gasteiger partial charge < -0.3 is 19.9 Å². The van der Waals surface area contributed by atoms with Gasteiger partial charge in [0.15, 0.2) is 5.82 Å². The highest BCUT2D eigenvalue weighted by molar-refractivity contribution is 6.31. The lowest BCUT2D eigenvalue weighted by atomic mass is 10.2. The fourth-order valence-electron chi connectivity index (χ4n) is 2.14. The first kappa shape index (κ1) is 20.0. The minimum Gasteiger partial charge on any atom is -0.385 e. The molecule has 2 rings (SSSR count). The van der Waals surface area contributed by atoms with Gasteiger partial charge in [-0.25, -0.2) is 4.79 Å². The number of hydrogen-bond acceptors (Lipinski definition) is 4. The van der Waals surface area contributed by atoms with Gasteiger partial charge in [0.2, 0.25) is 0 Å². The van der Waals surface area contributed by atoms with E-state index >= 15 is 0 Å². The van der Waals surface area contributed by atoms with Crippen molar-refractivity contribution in [1.82, 2.24) is 20.1 Å². The predicted octanol–water partition coefficient (Wildman–Crippen LogP) is 3.31. The number of urea groups is 1. The first-order valence-corrected chi connectivity index (χ1v) is 7.96. The molecule has 142 valence electrons. The third-order valence-electron chi connectivity index (χ3n) is 3.38. The zero-order chi connectivity index (χ0) is 19.2. The predicted molar refractivity (Wildman–Crippen MR) is 88.8 cm³/mol. The highest BCUT2D eigenvalue weighted by Crippen LogP contribution is 2.36. The van der Waals surface area contributed by atoms with Gasteiger partial charge in [-0.15, -0.1) is 10.2 Å². The molecular weight excluding hydrogens is 375 g/mol. The Kier molecular flexibility index (Phi) is 6.81. The molecule has 1 heterocycles. The van der Waals surface area contributed by atoms with Crippen LogP contribution in [0.4, 0.5) is 23.7 Å². The molecule has 0 saturated carbocycles. The molecule has 2 aromatic rings. The molecule has 0 aliphatic rings. The molecule has 1 aromatic carbocycles. The lowest BCUT2D eigenvalue weighted by Gasteiger charge is -2.12. The number of aryl methyl sites for hydroxylation is 1. The third kappa shape index (κ3) is 5.60. The van der Waals surface area contributed by atoms with Crippen molar-refractivity contribution in [3.63, 3.8) is 0 Å². The number of aromatic nitrogens is 3. The van der Waals surface area contributed by atoms with Crippen LogP contribution in [0.1, 0.15) is 17.8 Å². The number of halogens is 4. The van der Waals surface area contributed by atoms with Crippen molar-refractivity contribution in [2.24, 2.45) is 0 Å². The Morgan fingerprint density at radius 2 is 2.15 bits per heavy atom. The summed E-state index contributed by atoms with van der Waals surface area (Å²) in [5, 5.41) is 12.1. The highest BCUT2D eigenvalue weighted by Gasteiger charge is 2.33. The Hall–Kier alpha value is -2.33. The van der Waals surface area contributed by atoms with Crippen LogP contribution in [0.5, 0.6) is 0 Å². The van der Waals surface area contributed by atoms with E-state index in [0.29, 0.717) is 19.0 Å². The minimum absolute atomic E-state index is 0.0270. The molecule has 2 amide bonds. The number of carbonyl (C=O) groups is 1. The van der Waals surface area contributed by atoms with E-state index in [2.05, 4.69) is 20.8 Å². The molecule has 0 aliphatic heterocycles. The number of amides is 2. The van der Waals surface area contributed by atoms with Gasteiger partial charge in [-0.1, -0.05) is 11.6 Å². The number of methoxy groups -OCH3 is 1. The lowest BCUT2D eigenvalue weighted by molar-refractivity contribution is -0.137. The Morgan fingerprint density at radius 1 is 1.38 bits per heavy atom. The van der Waals surface area contributed by atoms with Crippen LogP contribution in [0, 0.1) is 0 Å². The van der Waals surface area contributed by atoms with Gasteiger partial charge in [-0.05, 0) is 24.6 Å². The van der Waals surface area contributed by atoms with Gasteiger partial charge in [0.1, 0.15) is 6.33 Å². The summed E-state index contributed by atoms with van der Waals surface area (Å²) in [6.45, 7) is 1.26. The summed E-state index contributed by atoms with van der Waals surface area (Å²) in [6, 6.07) is 2.46. The van der Waals surface area contributed by atoms with Crippen LogP contribution in [0.2, 0.25) is 5.02 Å². The van der Waals surface area contributed by atoms with Gasteiger partial charge in [-0.3, -0.25) is 0 Å². The molecule has 0 radical (unpaired) electrons. The van der Waals surface area contributed by atoms with Crippen molar-refractivity contribution in [2.45, 2.75) is 25.7 Å². The number of nitrogens with one attached hydrogen (secondary N) is 2. The van der Waals surface area contributed by atoms with Crippen molar-refractivity contribution >= 4 is 23.3 Å². The number of benzene rings is 1. The molecule has 1 aromatic heterocycles.